The summed E-state index contributed by atoms with van der Waals surface area (Å²) in [6, 6.07) is 0. The lowest BCUT2D eigenvalue weighted by Crippen LogP contribution is -2.47. The van der Waals surface area contributed by atoms with E-state index in [0.29, 0.717) is 18.3 Å². The number of aromatic nitrogens is 3. The second-order valence-corrected chi connectivity index (χ2v) is 3.71. The lowest BCUT2D eigenvalue weighted by molar-refractivity contribution is 0.0460. The molecule has 0 unspecified atom stereocenters. The average Bonchev–Trinajstić information content (AvgIpc) is 2.08. The Bertz CT molecular complexity index is 331. The van der Waals surface area contributed by atoms with E-state index in [2.05, 4.69) is 19.9 Å². The van der Waals surface area contributed by atoms with Crippen LogP contribution < -0.4 is 11.5 Å². The first kappa shape index (κ1) is 10.1. The van der Waals surface area contributed by atoms with Crippen LogP contribution in [0.15, 0.2) is 0 Å². The summed E-state index contributed by atoms with van der Waals surface area (Å²) in [6.07, 6.45) is 0. The van der Waals surface area contributed by atoms with Gasteiger partial charge >= 0.3 is 0 Å². The van der Waals surface area contributed by atoms with Crippen LogP contribution >= 0.6 is 0 Å². The van der Waals surface area contributed by atoms with Gasteiger partial charge in [-0.2, -0.15) is 15.0 Å². The van der Waals surface area contributed by atoms with Crippen LogP contribution in [0.1, 0.15) is 5.82 Å². The smallest absolute Gasteiger partial charge is 0.225 e. The van der Waals surface area contributed by atoms with Crippen molar-refractivity contribution in [1.29, 1.82) is 0 Å². The fourth-order valence-electron chi connectivity index (χ4n) is 1.65. The first-order valence-electron chi connectivity index (χ1n) is 4.76. The number of nitrogens with zero attached hydrogens (tertiary/aromatic N) is 4. The Balaban J connectivity index is 1.94. The number of anilines is 2. The highest BCUT2D eigenvalue weighted by molar-refractivity contribution is 5.25. The molecule has 1 aromatic rings. The Morgan fingerprint density at radius 2 is 1.80 bits per heavy atom. The van der Waals surface area contributed by atoms with Crippen LogP contribution in [0.3, 0.4) is 0 Å². The fourth-order valence-corrected chi connectivity index (χ4v) is 1.65. The minimum atomic E-state index is 0.150. The van der Waals surface area contributed by atoms with Crippen molar-refractivity contribution >= 4 is 11.9 Å². The van der Waals surface area contributed by atoms with Crippen molar-refractivity contribution in [2.24, 2.45) is 5.92 Å². The maximum atomic E-state index is 8.85. The lowest BCUT2D eigenvalue weighted by Gasteiger charge is -2.37. The second kappa shape index (κ2) is 3.95. The van der Waals surface area contributed by atoms with Crippen LogP contribution in [0.5, 0.6) is 0 Å². The molecule has 15 heavy (non-hydrogen) atoms. The number of rotatable bonds is 3. The standard InChI is InChI=1S/C8H14N6O/c9-7-11-6(12-8(10)13-7)3-14-1-5(2-14)4-15/h5,15H,1-4H2,(H4,9,10,11,12,13). The van der Waals surface area contributed by atoms with Crippen molar-refractivity contribution in [3.63, 3.8) is 0 Å². The van der Waals surface area contributed by atoms with Gasteiger partial charge in [-0.1, -0.05) is 0 Å². The molecule has 0 amide bonds. The largest absolute Gasteiger partial charge is 0.396 e. The predicted octanol–water partition coefficient (Wildman–Crippen LogP) is -1.54. The third-order valence-electron chi connectivity index (χ3n) is 2.37. The van der Waals surface area contributed by atoms with Crippen LogP contribution in [0.25, 0.3) is 0 Å². The molecule has 82 valence electrons. The van der Waals surface area contributed by atoms with E-state index in [0.717, 1.165) is 13.1 Å². The third-order valence-corrected chi connectivity index (χ3v) is 2.37. The summed E-state index contributed by atoms with van der Waals surface area (Å²) >= 11 is 0. The Kier molecular flexibility index (Phi) is 2.65. The molecule has 7 heteroatoms. The van der Waals surface area contributed by atoms with Crippen molar-refractivity contribution in [3.8, 4) is 0 Å². The number of hydrogen-bond acceptors (Lipinski definition) is 7. The van der Waals surface area contributed by atoms with Gasteiger partial charge in [-0.3, -0.25) is 4.90 Å². The zero-order valence-electron chi connectivity index (χ0n) is 8.30. The van der Waals surface area contributed by atoms with E-state index in [1.54, 1.807) is 0 Å². The highest BCUT2D eigenvalue weighted by Gasteiger charge is 2.26. The monoisotopic (exact) mass is 210 g/mol. The minimum Gasteiger partial charge on any atom is -0.396 e. The molecule has 0 aromatic carbocycles. The van der Waals surface area contributed by atoms with Gasteiger partial charge in [-0.25, -0.2) is 0 Å². The maximum absolute atomic E-state index is 8.85. The molecule has 1 fully saturated rings. The first-order valence-corrected chi connectivity index (χ1v) is 4.76. The zero-order chi connectivity index (χ0) is 10.8. The normalized spacial score (nSPS) is 17.7. The Hall–Kier alpha value is -1.47. The maximum Gasteiger partial charge on any atom is 0.225 e. The Morgan fingerprint density at radius 1 is 1.20 bits per heavy atom. The first-order chi connectivity index (χ1) is 7.17. The molecule has 2 rings (SSSR count). The molecule has 0 aliphatic carbocycles. The SMILES string of the molecule is Nc1nc(N)nc(CN2CC(CO)C2)n1. The van der Waals surface area contributed by atoms with Gasteiger partial charge in [-0.15, -0.1) is 0 Å². The number of nitrogen functional groups attached to an aromatic ring is 2. The number of aliphatic hydroxyl groups is 1. The van der Waals surface area contributed by atoms with E-state index in [-0.39, 0.29) is 18.5 Å². The van der Waals surface area contributed by atoms with Crippen molar-refractivity contribution in [2.75, 3.05) is 31.2 Å². The van der Waals surface area contributed by atoms with Gasteiger partial charge in [0.05, 0.1) is 6.54 Å². The highest BCUT2D eigenvalue weighted by Crippen LogP contribution is 2.16. The van der Waals surface area contributed by atoms with E-state index < -0.39 is 0 Å². The molecule has 1 aromatic heterocycles. The van der Waals surface area contributed by atoms with Crippen LogP contribution in [-0.2, 0) is 6.54 Å². The van der Waals surface area contributed by atoms with Gasteiger partial charge in [0, 0.05) is 25.6 Å². The van der Waals surface area contributed by atoms with Gasteiger partial charge in [0.15, 0.2) is 0 Å². The molecule has 7 nitrogen and oxygen atoms in total. The van der Waals surface area contributed by atoms with Gasteiger partial charge in [-0.05, 0) is 0 Å². The number of hydrogen-bond donors (Lipinski definition) is 3. The molecule has 0 atom stereocenters. The molecule has 0 radical (unpaired) electrons. The third kappa shape index (κ3) is 2.31. The molecular weight excluding hydrogens is 196 g/mol. The number of nitrogens with two attached hydrogens (primary N) is 2. The fraction of sp³-hybridized carbons (Fsp3) is 0.625. The summed E-state index contributed by atoms with van der Waals surface area (Å²) in [4.78, 5) is 13.8. The van der Waals surface area contributed by atoms with Gasteiger partial charge in [0.1, 0.15) is 5.82 Å². The predicted molar refractivity (Wildman–Crippen MR) is 54.5 cm³/mol. The van der Waals surface area contributed by atoms with Gasteiger partial charge in [0.25, 0.3) is 0 Å². The summed E-state index contributed by atoms with van der Waals surface area (Å²) < 4.78 is 0. The van der Waals surface area contributed by atoms with E-state index >= 15 is 0 Å². The van der Waals surface area contributed by atoms with Crippen molar-refractivity contribution < 1.29 is 5.11 Å². The molecule has 5 N–H and O–H groups in total. The summed E-state index contributed by atoms with van der Waals surface area (Å²) in [5.74, 6) is 1.26. The van der Waals surface area contributed by atoms with Crippen molar-refractivity contribution in [2.45, 2.75) is 6.54 Å². The summed E-state index contributed by atoms with van der Waals surface area (Å²) in [6.45, 7) is 2.56. The Morgan fingerprint density at radius 3 is 2.33 bits per heavy atom. The summed E-state index contributed by atoms with van der Waals surface area (Å²) in [5, 5.41) is 8.85. The van der Waals surface area contributed by atoms with E-state index in [9.17, 15) is 0 Å². The molecule has 1 aliphatic heterocycles. The van der Waals surface area contributed by atoms with E-state index in [1.165, 1.54) is 0 Å². The van der Waals surface area contributed by atoms with E-state index in [4.69, 9.17) is 16.6 Å². The summed E-state index contributed by atoms with van der Waals surface area (Å²) in [5.41, 5.74) is 10.9. The number of aliphatic hydroxyl groups excluding tert-OH is 1. The topological polar surface area (TPSA) is 114 Å². The van der Waals surface area contributed by atoms with Crippen LogP contribution in [0.4, 0.5) is 11.9 Å². The van der Waals surface area contributed by atoms with E-state index in [1.807, 2.05) is 0 Å². The molecule has 1 saturated heterocycles. The lowest BCUT2D eigenvalue weighted by atomic mass is 10.0. The number of likely N-dealkylation sites (tertiary alicyclic amines) is 1. The van der Waals surface area contributed by atoms with Gasteiger partial charge in [0.2, 0.25) is 11.9 Å². The average molecular weight is 210 g/mol. The molecule has 0 saturated carbocycles. The molecule has 0 spiro atoms. The van der Waals surface area contributed by atoms with Gasteiger partial charge < -0.3 is 16.6 Å². The molecule has 2 heterocycles. The quantitative estimate of drug-likeness (QED) is 0.554. The van der Waals surface area contributed by atoms with Crippen LogP contribution in [0.2, 0.25) is 0 Å². The zero-order valence-corrected chi connectivity index (χ0v) is 8.30. The van der Waals surface area contributed by atoms with Crippen molar-refractivity contribution in [1.82, 2.24) is 19.9 Å². The molecule has 0 bridgehead atoms. The molecule has 1 aliphatic rings. The van der Waals surface area contributed by atoms with Crippen LogP contribution in [-0.4, -0.2) is 44.7 Å². The van der Waals surface area contributed by atoms with Crippen molar-refractivity contribution in [3.05, 3.63) is 5.82 Å². The minimum absolute atomic E-state index is 0.150. The second-order valence-electron chi connectivity index (χ2n) is 3.71. The summed E-state index contributed by atoms with van der Waals surface area (Å²) in [7, 11) is 0. The Labute approximate surface area is 87.1 Å². The molecular formula is C8H14N6O. The highest BCUT2D eigenvalue weighted by atomic mass is 16.3. The van der Waals surface area contributed by atoms with Crippen LogP contribution in [0, 0.1) is 5.92 Å².